The van der Waals surface area contributed by atoms with E-state index in [1.165, 1.54) is 6.92 Å². The van der Waals surface area contributed by atoms with Gasteiger partial charge in [0.25, 0.3) is 0 Å². The first kappa shape index (κ1) is 14.3. The van der Waals surface area contributed by atoms with Gasteiger partial charge in [0, 0.05) is 6.54 Å². The fraction of sp³-hybridized carbons (Fsp3) is 0.857. The van der Waals surface area contributed by atoms with Crippen molar-refractivity contribution in [1.29, 1.82) is 0 Å². The largest absolute Gasteiger partial charge is 0.468 e. The molecule has 0 aliphatic heterocycles. The van der Waals surface area contributed by atoms with Crippen LogP contribution in [-0.4, -0.2) is 56.2 Å². The van der Waals surface area contributed by atoms with E-state index in [2.05, 4.69) is 4.74 Å². The number of hydrogen-bond acceptors (Lipinski definition) is 6. The number of aliphatic hydroxyl groups excluding tert-OH is 1. The van der Waals surface area contributed by atoms with E-state index in [1.807, 2.05) is 4.72 Å². The lowest BCUT2D eigenvalue weighted by molar-refractivity contribution is -0.137. The highest BCUT2D eigenvalue weighted by Gasteiger charge is 2.24. The summed E-state index contributed by atoms with van der Waals surface area (Å²) < 4.78 is 28.5. The molecule has 7 nitrogen and oxygen atoms in total. The maximum absolute atomic E-state index is 11.2. The molecule has 1 unspecified atom stereocenters. The van der Waals surface area contributed by atoms with Crippen molar-refractivity contribution in [3.63, 3.8) is 0 Å². The Balaban J connectivity index is 4.23. The van der Waals surface area contributed by atoms with Crippen molar-refractivity contribution in [3.8, 4) is 0 Å². The van der Waals surface area contributed by atoms with Crippen molar-refractivity contribution in [2.45, 2.75) is 12.5 Å². The smallest absolute Gasteiger partial charge is 0.322 e. The van der Waals surface area contributed by atoms with Crippen molar-refractivity contribution in [2.24, 2.45) is 0 Å². The molecular formula is C7H15NO6S. The van der Waals surface area contributed by atoms with Crippen LogP contribution in [0, 0.1) is 0 Å². The molecule has 90 valence electrons. The van der Waals surface area contributed by atoms with Gasteiger partial charge in [-0.1, -0.05) is 0 Å². The molecule has 0 aliphatic carbocycles. The van der Waals surface area contributed by atoms with Crippen LogP contribution in [0.25, 0.3) is 0 Å². The predicted octanol–water partition coefficient (Wildman–Crippen LogP) is -2.18. The van der Waals surface area contributed by atoms with Crippen molar-refractivity contribution in [3.05, 3.63) is 0 Å². The zero-order valence-corrected chi connectivity index (χ0v) is 9.37. The number of carbonyl (C=O) groups is 1. The van der Waals surface area contributed by atoms with Crippen molar-refractivity contribution in [1.82, 2.24) is 4.72 Å². The molecule has 0 saturated heterocycles. The van der Waals surface area contributed by atoms with Gasteiger partial charge in [-0.25, -0.2) is 13.1 Å². The summed E-state index contributed by atoms with van der Waals surface area (Å²) in [6, 6.07) is 0. The summed E-state index contributed by atoms with van der Waals surface area (Å²) in [6.07, 6.45) is 0. The predicted molar refractivity (Wildman–Crippen MR) is 51.5 cm³/mol. The number of sulfonamides is 1. The Labute approximate surface area is 88.1 Å². The molecule has 0 aliphatic rings. The highest BCUT2D eigenvalue weighted by Crippen LogP contribution is 2.00. The average Bonchev–Trinajstić information content (AvgIpc) is 2.14. The van der Waals surface area contributed by atoms with E-state index in [0.29, 0.717) is 0 Å². The summed E-state index contributed by atoms with van der Waals surface area (Å²) in [5.41, 5.74) is -1.55. The molecule has 0 bridgehead atoms. The second-order valence-corrected chi connectivity index (χ2v) is 5.12. The Morgan fingerprint density at radius 3 is 2.47 bits per heavy atom. The molecule has 0 fully saturated rings. The highest BCUT2D eigenvalue weighted by atomic mass is 32.2. The van der Waals surface area contributed by atoms with Crippen LogP contribution in [-0.2, 0) is 19.6 Å². The number of aliphatic hydroxyl groups is 2. The second kappa shape index (κ2) is 5.40. The minimum Gasteiger partial charge on any atom is -0.468 e. The van der Waals surface area contributed by atoms with Crippen molar-refractivity contribution < 1.29 is 28.2 Å². The summed E-state index contributed by atoms with van der Waals surface area (Å²) in [5, 5.41) is 17.9. The number of esters is 1. The molecule has 0 radical (unpaired) electrons. The van der Waals surface area contributed by atoms with Gasteiger partial charge >= 0.3 is 5.97 Å². The van der Waals surface area contributed by atoms with Gasteiger partial charge in [0.15, 0.2) is 5.75 Å². The lowest BCUT2D eigenvalue weighted by atomic mass is 10.1. The first-order valence-corrected chi connectivity index (χ1v) is 5.75. The first-order valence-electron chi connectivity index (χ1n) is 4.10. The topological polar surface area (TPSA) is 113 Å². The Bertz CT molecular complexity index is 309. The highest BCUT2D eigenvalue weighted by molar-refractivity contribution is 7.90. The van der Waals surface area contributed by atoms with Crippen LogP contribution >= 0.6 is 0 Å². The molecule has 15 heavy (non-hydrogen) atoms. The molecule has 0 spiro atoms. The summed E-state index contributed by atoms with van der Waals surface area (Å²) >= 11 is 0. The molecule has 8 heteroatoms. The van der Waals surface area contributed by atoms with Gasteiger partial charge in [-0.2, -0.15) is 0 Å². The van der Waals surface area contributed by atoms with Crippen LogP contribution in [0.2, 0.25) is 0 Å². The van der Waals surface area contributed by atoms with Crippen LogP contribution in [0.15, 0.2) is 0 Å². The second-order valence-electron chi connectivity index (χ2n) is 3.31. The van der Waals surface area contributed by atoms with Crippen LogP contribution < -0.4 is 4.72 Å². The van der Waals surface area contributed by atoms with Gasteiger partial charge in [-0.15, -0.1) is 0 Å². The van der Waals surface area contributed by atoms with E-state index >= 15 is 0 Å². The molecular weight excluding hydrogens is 226 g/mol. The average molecular weight is 241 g/mol. The number of rotatable bonds is 6. The fourth-order valence-corrected chi connectivity index (χ4v) is 1.65. The van der Waals surface area contributed by atoms with E-state index in [-0.39, 0.29) is 6.54 Å². The molecule has 0 aromatic rings. The SMILES string of the molecule is COC(=O)CS(=O)(=O)NCC(C)(O)CO. The number of nitrogens with one attached hydrogen (secondary N) is 1. The monoisotopic (exact) mass is 241 g/mol. The third-order valence-corrected chi connectivity index (χ3v) is 2.75. The molecule has 0 amide bonds. The summed E-state index contributed by atoms with van der Waals surface area (Å²) in [5.74, 6) is -1.71. The summed E-state index contributed by atoms with van der Waals surface area (Å²) in [6.45, 7) is 0.296. The third kappa shape index (κ3) is 6.39. The Morgan fingerprint density at radius 2 is 2.07 bits per heavy atom. The Morgan fingerprint density at radius 1 is 1.53 bits per heavy atom. The van der Waals surface area contributed by atoms with Crippen molar-refractivity contribution in [2.75, 3.05) is 26.0 Å². The van der Waals surface area contributed by atoms with Crippen LogP contribution in [0.4, 0.5) is 0 Å². The van der Waals surface area contributed by atoms with E-state index < -0.39 is 34.0 Å². The first-order chi connectivity index (χ1) is 6.72. The molecule has 0 aromatic carbocycles. The van der Waals surface area contributed by atoms with Crippen LogP contribution in [0.5, 0.6) is 0 Å². The number of ether oxygens (including phenoxy) is 1. The fourth-order valence-electron chi connectivity index (χ4n) is 0.586. The molecule has 0 rings (SSSR count). The lowest BCUT2D eigenvalue weighted by Crippen LogP contribution is -2.44. The molecule has 0 saturated carbocycles. The van der Waals surface area contributed by atoms with Crippen LogP contribution in [0.3, 0.4) is 0 Å². The quantitative estimate of drug-likeness (QED) is 0.456. The lowest BCUT2D eigenvalue weighted by Gasteiger charge is -2.20. The zero-order valence-electron chi connectivity index (χ0n) is 8.56. The van der Waals surface area contributed by atoms with E-state index in [0.717, 1.165) is 7.11 Å². The molecule has 0 aromatic heterocycles. The Hall–Kier alpha value is -0.700. The van der Waals surface area contributed by atoms with Crippen LogP contribution in [0.1, 0.15) is 6.92 Å². The summed E-state index contributed by atoms with van der Waals surface area (Å²) in [4.78, 5) is 10.7. The van der Waals surface area contributed by atoms with Gasteiger partial charge in [0.2, 0.25) is 10.0 Å². The normalized spacial score (nSPS) is 15.7. The number of hydrogen-bond donors (Lipinski definition) is 3. The Kier molecular flexibility index (Phi) is 5.15. The van der Waals surface area contributed by atoms with Gasteiger partial charge in [0.05, 0.1) is 19.3 Å². The third-order valence-electron chi connectivity index (χ3n) is 1.55. The van der Waals surface area contributed by atoms with E-state index in [9.17, 15) is 18.3 Å². The number of carbonyl (C=O) groups excluding carboxylic acids is 1. The minimum absolute atomic E-state index is 0.372. The molecule has 0 heterocycles. The summed E-state index contributed by atoms with van der Waals surface area (Å²) in [7, 11) is -2.76. The van der Waals surface area contributed by atoms with Gasteiger partial charge in [-0.05, 0) is 6.92 Å². The van der Waals surface area contributed by atoms with Gasteiger partial charge in [0.1, 0.15) is 0 Å². The molecule has 1 atom stereocenters. The minimum atomic E-state index is -3.83. The number of methoxy groups -OCH3 is 1. The maximum atomic E-state index is 11.2. The zero-order chi connectivity index (χ0) is 12.1. The maximum Gasteiger partial charge on any atom is 0.322 e. The van der Waals surface area contributed by atoms with Gasteiger partial charge < -0.3 is 14.9 Å². The van der Waals surface area contributed by atoms with E-state index in [1.54, 1.807) is 0 Å². The standard InChI is InChI=1S/C7H15NO6S/c1-7(11,5-9)4-8-15(12,13)3-6(10)14-2/h8-9,11H,3-5H2,1-2H3. The van der Waals surface area contributed by atoms with Gasteiger partial charge in [-0.3, -0.25) is 4.79 Å². The molecule has 3 N–H and O–H groups in total. The van der Waals surface area contributed by atoms with E-state index in [4.69, 9.17) is 5.11 Å². The van der Waals surface area contributed by atoms with Crippen molar-refractivity contribution >= 4 is 16.0 Å².